The lowest BCUT2D eigenvalue weighted by atomic mass is 9.95. The minimum Gasteiger partial charge on any atom is -0.493 e. The molecule has 0 atom stereocenters. The van der Waals surface area contributed by atoms with E-state index in [0.717, 1.165) is 25.7 Å². The van der Waals surface area contributed by atoms with Gasteiger partial charge in [0.1, 0.15) is 0 Å². The maximum atomic E-state index is 13.2. The number of carbonyl (C=O) groups is 1. The van der Waals surface area contributed by atoms with Gasteiger partial charge in [-0.3, -0.25) is 4.79 Å². The Bertz CT molecular complexity index is 1580. The number of benzene rings is 3. The Morgan fingerprint density at radius 3 is 1.53 bits per heavy atom. The highest BCUT2D eigenvalue weighted by Gasteiger charge is 2.23. The topological polar surface area (TPSA) is 110 Å². The number of ether oxygens (including phenoxy) is 6. The number of rotatable bonds is 10. The van der Waals surface area contributed by atoms with Crippen molar-refractivity contribution < 1.29 is 33.2 Å². The van der Waals surface area contributed by atoms with Crippen LogP contribution in [0.15, 0.2) is 42.5 Å². The molecule has 0 bridgehead atoms. The van der Waals surface area contributed by atoms with Crippen LogP contribution in [-0.4, -0.2) is 64.6 Å². The molecule has 226 valence electrons. The molecule has 43 heavy (non-hydrogen) atoms. The molecule has 10 nitrogen and oxygen atoms in total. The zero-order chi connectivity index (χ0) is 30.5. The first-order valence-corrected chi connectivity index (χ1v) is 14.2. The lowest BCUT2D eigenvalue weighted by molar-refractivity contribution is 0.0928. The first-order chi connectivity index (χ1) is 20.9. The Morgan fingerprint density at radius 2 is 1.09 bits per heavy atom. The van der Waals surface area contributed by atoms with E-state index in [0.29, 0.717) is 73.6 Å². The first-order valence-electron chi connectivity index (χ1n) is 14.2. The number of methoxy groups -OCH3 is 6. The van der Waals surface area contributed by atoms with E-state index in [1.165, 1.54) is 6.42 Å². The second-order valence-corrected chi connectivity index (χ2v) is 10.3. The summed E-state index contributed by atoms with van der Waals surface area (Å²) in [4.78, 5) is 23.3. The highest BCUT2D eigenvalue weighted by molar-refractivity contribution is 5.98. The molecule has 1 heterocycles. The quantitative estimate of drug-likeness (QED) is 0.236. The van der Waals surface area contributed by atoms with E-state index in [4.69, 9.17) is 38.4 Å². The second-order valence-electron chi connectivity index (χ2n) is 10.3. The van der Waals surface area contributed by atoms with Crippen LogP contribution in [0.4, 0.5) is 0 Å². The van der Waals surface area contributed by atoms with Crippen LogP contribution in [0.2, 0.25) is 0 Å². The Hall–Kier alpha value is -4.73. The van der Waals surface area contributed by atoms with Gasteiger partial charge in [-0.1, -0.05) is 19.3 Å². The number of carbonyl (C=O) groups excluding carboxylic acids is 1. The predicted octanol–water partition coefficient (Wildman–Crippen LogP) is 6.08. The number of fused-ring (bicyclic) bond motifs is 1. The van der Waals surface area contributed by atoms with Crippen molar-refractivity contribution in [2.24, 2.45) is 0 Å². The molecule has 1 amide bonds. The van der Waals surface area contributed by atoms with Crippen LogP contribution < -0.4 is 33.7 Å². The number of nitrogens with zero attached hydrogens (tertiary/aromatic N) is 2. The zero-order valence-corrected chi connectivity index (χ0v) is 25.4. The van der Waals surface area contributed by atoms with Crippen LogP contribution in [-0.2, 0) is 0 Å². The van der Waals surface area contributed by atoms with Crippen LogP contribution in [0.3, 0.4) is 0 Å². The fraction of sp³-hybridized carbons (Fsp3) is 0.364. The fourth-order valence-corrected chi connectivity index (χ4v) is 5.55. The van der Waals surface area contributed by atoms with Gasteiger partial charge in [0.15, 0.2) is 23.0 Å². The van der Waals surface area contributed by atoms with Crippen LogP contribution in [0, 0.1) is 0 Å². The average Bonchev–Trinajstić information content (AvgIpc) is 3.06. The molecule has 5 rings (SSSR count). The Kier molecular flexibility index (Phi) is 9.04. The monoisotopic (exact) mass is 587 g/mol. The molecule has 1 aromatic heterocycles. The molecule has 0 radical (unpaired) electrons. The third-order valence-electron chi connectivity index (χ3n) is 7.74. The molecule has 0 spiro atoms. The van der Waals surface area contributed by atoms with E-state index in [-0.39, 0.29) is 11.9 Å². The summed E-state index contributed by atoms with van der Waals surface area (Å²) in [5.74, 6) is 2.70. The predicted molar refractivity (Wildman–Crippen MR) is 164 cm³/mol. The van der Waals surface area contributed by atoms with Crippen molar-refractivity contribution in [1.29, 1.82) is 0 Å². The molecule has 1 saturated carbocycles. The van der Waals surface area contributed by atoms with E-state index in [9.17, 15) is 4.79 Å². The summed E-state index contributed by atoms with van der Waals surface area (Å²) in [6.07, 6.45) is 5.49. The van der Waals surface area contributed by atoms with Gasteiger partial charge in [-0.2, -0.15) is 0 Å². The highest BCUT2D eigenvalue weighted by atomic mass is 16.5. The third kappa shape index (κ3) is 5.95. The van der Waals surface area contributed by atoms with Gasteiger partial charge in [0, 0.05) is 22.7 Å². The van der Waals surface area contributed by atoms with E-state index < -0.39 is 0 Å². The zero-order valence-electron chi connectivity index (χ0n) is 25.4. The number of amides is 1. The molecule has 1 aliphatic carbocycles. The van der Waals surface area contributed by atoms with Crippen LogP contribution >= 0.6 is 0 Å². The molecule has 0 unspecified atom stereocenters. The van der Waals surface area contributed by atoms with Crippen LogP contribution in [0.1, 0.15) is 42.5 Å². The van der Waals surface area contributed by atoms with Gasteiger partial charge < -0.3 is 33.7 Å². The SMILES string of the molecule is COc1cc(-c2nc3ccc(C(=O)NC4CCCCC4)cc3nc2-c2cc(OC)c(OC)c(OC)c2)cc(OC)c1OC. The maximum absolute atomic E-state index is 13.2. The summed E-state index contributed by atoms with van der Waals surface area (Å²) in [6.45, 7) is 0. The molecule has 0 saturated heterocycles. The van der Waals surface area contributed by atoms with Gasteiger partial charge in [0.2, 0.25) is 11.5 Å². The van der Waals surface area contributed by atoms with Crippen molar-refractivity contribution in [1.82, 2.24) is 15.3 Å². The van der Waals surface area contributed by atoms with Gasteiger partial charge in [0.05, 0.1) is 65.1 Å². The van der Waals surface area contributed by atoms with Crippen molar-refractivity contribution >= 4 is 16.9 Å². The summed E-state index contributed by atoms with van der Waals surface area (Å²) < 4.78 is 33.6. The van der Waals surface area contributed by atoms with Gasteiger partial charge in [-0.15, -0.1) is 0 Å². The normalized spacial score (nSPS) is 13.3. The summed E-state index contributed by atoms with van der Waals surface area (Å²) in [5, 5.41) is 3.19. The number of hydrogen-bond acceptors (Lipinski definition) is 9. The minimum atomic E-state index is -0.112. The molecule has 10 heteroatoms. The molecule has 4 aromatic rings. The molecule has 1 aliphatic rings. The minimum absolute atomic E-state index is 0.112. The smallest absolute Gasteiger partial charge is 0.251 e. The van der Waals surface area contributed by atoms with Crippen molar-refractivity contribution in [3.05, 3.63) is 48.0 Å². The van der Waals surface area contributed by atoms with Crippen molar-refractivity contribution in [3.8, 4) is 57.0 Å². The van der Waals surface area contributed by atoms with Crippen LogP contribution in [0.25, 0.3) is 33.5 Å². The second kappa shape index (κ2) is 13.1. The molecular weight excluding hydrogens is 550 g/mol. The molecule has 3 aromatic carbocycles. The van der Waals surface area contributed by atoms with Crippen molar-refractivity contribution in [2.45, 2.75) is 38.1 Å². The van der Waals surface area contributed by atoms with E-state index >= 15 is 0 Å². The fourth-order valence-electron chi connectivity index (χ4n) is 5.55. The number of hydrogen-bond donors (Lipinski definition) is 1. The highest BCUT2D eigenvalue weighted by Crippen LogP contribution is 2.45. The van der Waals surface area contributed by atoms with Gasteiger partial charge in [0.25, 0.3) is 5.91 Å². The lowest BCUT2D eigenvalue weighted by Crippen LogP contribution is -2.36. The molecule has 1 fully saturated rings. The van der Waals surface area contributed by atoms with Crippen molar-refractivity contribution in [3.63, 3.8) is 0 Å². The van der Waals surface area contributed by atoms with Gasteiger partial charge in [-0.25, -0.2) is 9.97 Å². The third-order valence-corrected chi connectivity index (χ3v) is 7.74. The largest absolute Gasteiger partial charge is 0.493 e. The van der Waals surface area contributed by atoms with E-state index in [1.807, 2.05) is 30.3 Å². The lowest BCUT2D eigenvalue weighted by Gasteiger charge is -2.22. The average molecular weight is 588 g/mol. The van der Waals surface area contributed by atoms with Gasteiger partial charge in [-0.05, 0) is 55.3 Å². The van der Waals surface area contributed by atoms with Crippen LogP contribution in [0.5, 0.6) is 34.5 Å². The Morgan fingerprint density at radius 1 is 0.628 bits per heavy atom. The van der Waals surface area contributed by atoms with Crippen molar-refractivity contribution in [2.75, 3.05) is 42.7 Å². The first kappa shape index (κ1) is 29.8. The van der Waals surface area contributed by atoms with E-state index in [2.05, 4.69) is 5.32 Å². The molecule has 0 aliphatic heterocycles. The molecular formula is C33H37N3O7. The Balaban J connectivity index is 1.71. The number of aromatic nitrogens is 2. The summed E-state index contributed by atoms with van der Waals surface area (Å²) in [6, 6.07) is 12.9. The summed E-state index contributed by atoms with van der Waals surface area (Å²) in [7, 11) is 9.35. The maximum Gasteiger partial charge on any atom is 0.251 e. The molecule has 1 N–H and O–H groups in total. The summed E-state index contributed by atoms with van der Waals surface area (Å²) >= 11 is 0. The summed E-state index contributed by atoms with van der Waals surface area (Å²) in [5.41, 5.74) is 4.16. The van der Waals surface area contributed by atoms with E-state index in [1.54, 1.807) is 54.8 Å². The van der Waals surface area contributed by atoms with Gasteiger partial charge >= 0.3 is 0 Å². The Labute approximate surface area is 251 Å². The number of nitrogens with one attached hydrogen (secondary N) is 1. The standard InChI is InChI=1S/C33H37N3O7/c1-38-25-15-20(16-26(39-2)31(25)42-5)29-30(21-17-27(40-3)32(43-6)28(18-21)41-4)36-24-14-19(12-13-23(24)35-29)33(37)34-22-10-8-7-9-11-22/h12-18,22H,7-11H2,1-6H3,(H,34,37).